The number of hydrogen-bond donors (Lipinski definition) is 4. The topological polar surface area (TPSA) is 111 Å². The highest BCUT2D eigenvalue weighted by Gasteiger charge is 2.37. The number of ether oxygens (including phenoxy) is 2. The number of rotatable bonds is 14. The van der Waals surface area contributed by atoms with Crippen LogP contribution < -0.4 is 11.5 Å². The maximum atomic E-state index is 9.48. The van der Waals surface area contributed by atoms with Gasteiger partial charge >= 0.3 is 0 Å². The molecular formula is C42H66N2O4. The van der Waals surface area contributed by atoms with Crippen molar-refractivity contribution in [1.29, 1.82) is 0 Å². The van der Waals surface area contributed by atoms with Gasteiger partial charge in [-0.15, -0.1) is 0 Å². The highest BCUT2D eigenvalue weighted by Crippen LogP contribution is 2.42. The molecule has 2 saturated carbocycles. The summed E-state index contributed by atoms with van der Waals surface area (Å²) in [6.07, 6.45) is 18.4. The first-order chi connectivity index (χ1) is 23.3. The molecule has 2 aromatic carbocycles. The molecule has 6 rings (SSSR count). The van der Waals surface area contributed by atoms with Crippen LogP contribution in [0, 0.1) is 11.8 Å². The van der Waals surface area contributed by atoms with Crippen molar-refractivity contribution in [2.45, 2.75) is 139 Å². The van der Waals surface area contributed by atoms with E-state index in [1.54, 1.807) is 22.3 Å². The molecule has 2 aromatic rings. The summed E-state index contributed by atoms with van der Waals surface area (Å²) in [7, 11) is 0. The number of aryl methyl sites for hydroxylation is 2. The number of aliphatic hydroxyl groups is 2. The molecule has 0 aliphatic heterocycles. The van der Waals surface area contributed by atoms with Crippen molar-refractivity contribution >= 4 is 0 Å². The Morgan fingerprint density at radius 2 is 1.08 bits per heavy atom. The summed E-state index contributed by atoms with van der Waals surface area (Å²) in [4.78, 5) is 0. The van der Waals surface area contributed by atoms with E-state index in [0.29, 0.717) is 11.8 Å². The van der Waals surface area contributed by atoms with Gasteiger partial charge < -0.3 is 31.2 Å². The minimum absolute atomic E-state index is 0.109. The lowest BCUT2D eigenvalue weighted by Crippen LogP contribution is -2.40. The molecule has 6 N–H and O–H groups in total. The minimum Gasteiger partial charge on any atom is -0.394 e. The standard InChI is InChI=1S/2C21H33NO2/c2*1-2-24-11-3-4-16-5-6-18-13-19(8-7-17(18)12-16)20-9-10-21(22,14-20)15-23/h2*7-8,13,16,20,23H,2-6,9-12,14-15,22H2,1H3/t16-,20+,21-;16-,20-,21+/m10/s1. The van der Waals surface area contributed by atoms with E-state index in [2.05, 4.69) is 50.2 Å². The first-order valence-electron chi connectivity index (χ1n) is 19.5. The molecule has 0 amide bonds. The fourth-order valence-electron chi connectivity index (χ4n) is 9.11. The van der Waals surface area contributed by atoms with Crippen molar-refractivity contribution in [3.8, 4) is 0 Å². The third-order valence-electron chi connectivity index (χ3n) is 12.2. The van der Waals surface area contributed by atoms with Gasteiger partial charge in [-0.25, -0.2) is 0 Å². The molecule has 268 valence electrons. The summed E-state index contributed by atoms with van der Waals surface area (Å²) in [5.41, 5.74) is 20.8. The van der Waals surface area contributed by atoms with Gasteiger partial charge in [-0.1, -0.05) is 36.4 Å². The van der Waals surface area contributed by atoms with Crippen molar-refractivity contribution in [1.82, 2.24) is 0 Å². The zero-order valence-corrected chi connectivity index (χ0v) is 30.2. The molecule has 0 heterocycles. The molecule has 6 nitrogen and oxygen atoms in total. The monoisotopic (exact) mass is 663 g/mol. The van der Waals surface area contributed by atoms with Gasteiger partial charge in [0.2, 0.25) is 0 Å². The van der Waals surface area contributed by atoms with Gasteiger partial charge in [0, 0.05) is 37.5 Å². The molecule has 0 radical (unpaired) electrons. The molecule has 4 aliphatic carbocycles. The molecule has 2 fully saturated rings. The molecule has 6 heteroatoms. The van der Waals surface area contributed by atoms with Gasteiger partial charge in [-0.3, -0.25) is 0 Å². The van der Waals surface area contributed by atoms with Crippen molar-refractivity contribution in [2.75, 3.05) is 39.6 Å². The van der Waals surface area contributed by atoms with E-state index in [-0.39, 0.29) is 24.3 Å². The van der Waals surface area contributed by atoms with Crippen molar-refractivity contribution in [3.63, 3.8) is 0 Å². The Morgan fingerprint density at radius 1 is 0.646 bits per heavy atom. The first-order valence-corrected chi connectivity index (χ1v) is 19.5. The van der Waals surface area contributed by atoms with Crippen LogP contribution in [0.4, 0.5) is 0 Å². The number of fused-ring (bicyclic) bond motifs is 2. The van der Waals surface area contributed by atoms with E-state index in [1.165, 1.54) is 75.3 Å². The van der Waals surface area contributed by atoms with Crippen LogP contribution >= 0.6 is 0 Å². The van der Waals surface area contributed by atoms with E-state index >= 15 is 0 Å². The van der Waals surface area contributed by atoms with Crippen LogP contribution in [-0.4, -0.2) is 60.9 Å². The van der Waals surface area contributed by atoms with Gasteiger partial charge in [0.1, 0.15) is 0 Å². The Morgan fingerprint density at radius 3 is 1.46 bits per heavy atom. The van der Waals surface area contributed by atoms with Crippen LogP contribution in [0.5, 0.6) is 0 Å². The van der Waals surface area contributed by atoms with Crippen LogP contribution in [0.1, 0.15) is 136 Å². The van der Waals surface area contributed by atoms with Gasteiger partial charge in [0.25, 0.3) is 0 Å². The van der Waals surface area contributed by atoms with Crippen molar-refractivity contribution < 1.29 is 19.7 Å². The summed E-state index contributed by atoms with van der Waals surface area (Å²) in [6, 6.07) is 14.2. The zero-order valence-electron chi connectivity index (χ0n) is 30.2. The summed E-state index contributed by atoms with van der Waals surface area (Å²) in [6.45, 7) is 7.83. The lowest BCUT2D eigenvalue weighted by Gasteiger charge is -2.26. The Bertz CT molecular complexity index is 1190. The fourth-order valence-corrected chi connectivity index (χ4v) is 9.11. The molecule has 0 aromatic heterocycles. The van der Waals surface area contributed by atoms with E-state index in [0.717, 1.165) is 76.8 Å². The summed E-state index contributed by atoms with van der Waals surface area (Å²) >= 11 is 0. The molecule has 4 aliphatic rings. The Labute approximate surface area is 291 Å². The van der Waals surface area contributed by atoms with Gasteiger partial charge in [-0.05, 0) is 174 Å². The number of hydrogen-bond acceptors (Lipinski definition) is 6. The number of benzene rings is 2. The second kappa shape index (κ2) is 17.9. The average molecular weight is 663 g/mol. The highest BCUT2D eigenvalue weighted by atomic mass is 16.5. The van der Waals surface area contributed by atoms with Gasteiger partial charge in [0.15, 0.2) is 0 Å². The average Bonchev–Trinajstić information content (AvgIpc) is 3.72. The third kappa shape index (κ3) is 10.1. The second-order valence-electron chi connectivity index (χ2n) is 15.9. The molecule has 0 saturated heterocycles. The lowest BCUT2D eigenvalue weighted by molar-refractivity contribution is 0.138. The molecule has 48 heavy (non-hydrogen) atoms. The molecule has 0 spiro atoms. The van der Waals surface area contributed by atoms with Crippen LogP contribution in [-0.2, 0) is 35.2 Å². The van der Waals surface area contributed by atoms with Crippen molar-refractivity contribution in [2.24, 2.45) is 23.3 Å². The Balaban J connectivity index is 0.000000188. The normalized spacial score (nSPS) is 29.6. The second-order valence-corrected chi connectivity index (χ2v) is 15.9. The SMILES string of the molecule is CCOCCC[C@@H]1CCc2cc([C@H]3CC[C@](N)(CO)C3)ccc2C1.CCOCCC[C@H]1CCc2cc([C@H]3CC[C@](N)(CO)C3)ccc2C1. The van der Waals surface area contributed by atoms with E-state index in [4.69, 9.17) is 20.9 Å². The van der Waals surface area contributed by atoms with Crippen LogP contribution in [0.25, 0.3) is 0 Å². The van der Waals surface area contributed by atoms with Crippen LogP contribution in [0.3, 0.4) is 0 Å². The predicted molar refractivity (Wildman–Crippen MR) is 197 cm³/mol. The van der Waals surface area contributed by atoms with E-state index < -0.39 is 0 Å². The summed E-state index contributed by atoms with van der Waals surface area (Å²) in [5, 5.41) is 19.0. The summed E-state index contributed by atoms with van der Waals surface area (Å²) < 4.78 is 10.9. The quantitative estimate of drug-likeness (QED) is 0.160. The van der Waals surface area contributed by atoms with Crippen LogP contribution in [0.2, 0.25) is 0 Å². The van der Waals surface area contributed by atoms with E-state index in [1.807, 2.05) is 0 Å². The van der Waals surface area contributed by atoms with Crippen LogP contribution in [0.15, 0.2) is 36.4 Å². The highest BCUT2D eigenvalue weighted by molar-refractivity contribution is 5.38. The van der Waals surface area contributed by atoms with Gasteiger partial charge in [-0.2, -0.15) is 0 Å². The molecular weight excluding hydrogens is 596 g/mol. The largest absolute Gasteiger partial charge is 0.394 e. The maximum absolute atomic E-state index is 9.48. The summed E-state index contributed by atoms with van der Waals surface area (Å²) in [5.74, 6) is 2.69. The number of nitrogens with two attached hydrogens (primary N) is 2. The zero-order chi connectivity index (χ0) is 34.0. The third-order valence-corrected chi connectivity index (χ3v) is 12.2. The predicted octanol–water partition coefficient (Wildman–Crippen LogP) is 7.13. The number of aliphatic hydroxyl groups excluding tert-OH is 2. The van der Waals surface area contributed by atoms with Gasteiger partial charge in [0.05, 0.1) is 13.2 Å². The molecule has 6 atom stereocenters. The minimum atomic E-state index is -0.355. The molecule has 0 bridgehead atoms. The fraction of sp³-hybridized carbons (Fsp3) is 0.714. The van der Waals surface area contributed by atoms with E-state index in [9.17, 15) is 10.2 Å². The lowest BCUT2D eigenvalue weighted by atomic mass is 9.80. The Hall–Kier alpha value is -1.80. The Kier molecular flexibility index (Phi) is 14.0. The maximum Gasteiger partial charge on any atom is 0.0611 e. The van der Waals surface area contributed by atoms with Crippen molar-refractivity contribution in [3.05, 3.63) is 69.8 Å². The smallest absolute Gasteiger partial charge is 0.0611 e. The molecule has 0 unspecified atom stereocenters. The first kappa shape index (κ1) is 37.5.